The molecule has 19 heavy (non-hydrogen) atoms. The Bertz CT molecular complexity index is 470. The Morgan fingerprint density at radius 3 is 3.11 bits per heavy atom. The number of morpholine rings is 1. The van der Waals surface area contributed by atoms with Crippen molar-refractivity contribution in [1.82, 2.24) is 10.2 Å². The van der Waals surface area contributed by atoms with Crippen LogP contribution < -0.4 is 5.32 Å². The van der Waals surface area contributed by atoms with Crippen molar-refractivity contribution in [3.8, 4) is 6.07 Å². The van der Waals surface area contributed by atoms with Crippen LogP contribution in [-0.4, -0.2) is 44.3 Å². The van der Waals surface area contributed by atoms with Gasteiger partial charge >= 0.3 is 0 Å². The average Bonchev–Trinajstić information content (AvgIpc) is 2.42. The summed E-state index contributed by atoms with van der Waals surface area (Å²) < 4.78 is 19.4. The highest BCUT2D eigenvalue weighted by Gasteiger charge is 2.20. The van der Waals surface area contributed by atoms with Gasteiger partial charge in [-0.1, -0.05) is 6.07 Å². The molecule has 0 amide bonds. The Hall–Kier alpha value is -1.48. The first kappa shape index (κ1) is 13.9. The minimum absolute atomic E-state index is 0.153. The van der Waals surface area contributed by atoms with Gasteiger partial charge in [0.15, 0.2) is 0 Å². The van der Waals surface area contributed by atoms with Crippen LogP contribution in [0.1, 0.15) is 11.1 Å². The van der Waals surface area contributed by atoms with Gasteiger partial charge in [-0.15, -0.1) is 0 Å². The maximum Gasteiger partial charge on any atom is 0.129 e. The Morgan fingerprint density at radius 1 is 1.58 bits per heavy atom. The first-order chi connectivity index (χ1) is 9.22. The minimum Gasteiger partial charge on any atom is -0.374 e. The molecule has 1 aromatic carbocycles. The molecule has 0 radical (unpaired) electrons. The quantitative estimate of drug-likeness (QED) is 0.884. The molecule has 1 heterocycles. The summed E-state index contributed by atoms with van der Waals surface area (Å²) in [5.74, 6) is -0.310. The molecule has 1 aromatic rings. The standard InChI is InChI=1S/C14H18FN3O/c1-17-8-13-10-18(4-5-19-13)9-12-3-2-11(7-16)6-14(12)15/h2-3,6,13,17H,4-5,8-10H2,1H3. The summed E-state index contributed by atoms with van der Waals surface area (Å²) in [6.07, 6.45) is 0.153. The average molecular weight is 263 g/mol. The second-order valence-electron chi connectivity index (χ2n) is 4.70. The molecule has 0 saturated carbocycles. The molecule has 4 nitrogen and oxygen atoms in total. The van der Waals surface area contributed by atoms with E-state index in [4.69, 9.17) is 10.00 Å². The SMILES string of the molecule is CNCC1CN(Cc2ccc(C#N)cc2F)CCO1. The molecule has 1 aliphatic rings. The predicted molar refractivity (Wildman–Crippen MR) is 70.1 cm³/mol. The third-order valence-corrected chi connectivity index (χ3v) is 3.23. The van der Waals surface area contributed by atoms with Gasteiger partial charge in [0.1, 0.15) is 5.82 Å². The monoisotopic (exact) mass is 263 g/mol. The van der Waals surface area contributed by atoms with E-state index < -0.39 is 0 Å². The molecule has 1 atom stereocenters. The van der Waals surface area contributed by atoms with E-state index in [1.54, 1.807) is 12.1 Å². The summed E-state index contributed by atoms with van der Waals surface area (Å²) >= 11 is 0. The number of nitrogens with one attached hydrogen (secondary N) is 1. The highest BCUT2D eigenvalue weighted by atomic mass is 19.1. The third-order valence-electron chi connectivity index (χ3n) is 3.23. The van der Waals surface area contributed by atoms with E-state index in [0.717, 1.165) is 19.6 Å². The smallest absolute Gasteiger partial charge is 0.129 e. The molecule has 0 aliphatic carbocycles. The lowest BCUT2D eigenvalue weighted by Gasteiger charge is -2.32. The minimum atomic E-state index is -0.310. The first-order valence-corrected chi connectivity index (χ1v) is 6.40. The number of rotatable bonds is 4. The molecule has 1 N–H and O–H groups in total. The van der Waals surface area contributed by atoms with Crippen LogP contribution in [0.25, 0.3) is 0 Å². The zero-order valence-electron chi connectivity index (χ0n) is 11.0. The molecule has 102 valence electrons. The van der Waals surface area contributed by atoms with Crippen LogP contribution in [0.15, 0.2) is 18.2 Å². The number of nitriles is 1. The molecule has 5 heteroatoms. The molecular formula is C14H18FN3O. The van der Waals surface area contributed by atoms with E-state index in [9.17, 15) is 4.39 Å². The molecule has 0 bridgehead atoms. The van der Waals surface area contributed by atoms with Crippen molar-refractivity contribution in [2.75, 3.05) is 33.3 Å². The van der Waals surface area contributed by atoms with Crippen molar-refractivity contribution in [3.05, 3.63) is 35.1 Å². The molecule has 0 aromatic heterocycles. The number of hydrogen-bond acceptors (Lipinski definition) is 4. The van der Waals surface area contributed by atoms with Gasteiger partial charge in [-0.25, -0.2) is 4.39 Å². The van der Waals surface area contributed by atoms with Crippen LogP contribution >= 0.6 is 0 Å². The van der Waals surface area contributed by atoms with Crippen LogP contribution in [0, 0.1) is 17.1 Å². The molecule has 1 aliphatic heterocycles. The van der Waals surface area contributed by atoms with Gasteiger partial charge in [0, 0.05) is 31.7 Å². The van der Waals surface area contributed by atoms with Gasteiger partial charge in [-0.3, -0.25) is 4.90 Å². The van der Waals surface area contributed by atoms with Crippen molar-refractivity contribution in [2.24, 2.45) is 0 Å². The van der Waals surface area contributed by atoms with Crippen LogP contribution in [0.5, 0.6) is 0 Å². The van der Waals surface area contributed by atoms with Gasteiger partial charge in [0.05, 0.1) is 24.3 Å². The number of benzene rings is 1. The Morgan fingerprint density at radius 2 is 2.42 bits per heavy atom. The van der Waals surface area contributed by atoms with Crippen LogP contribution in [0.2, 0.25) is 0 Å². The van der Waals surface area contributed by atoms with Crippen molar-refractivity contribution in [2.45, 2.75) is 12.6 Å². The van der Waals surface area contributed by atoms with Gasteiger partial charge < -0.3 is 10.1 Å². The fraction of sp³-hybridized carbons (Fsp3) is 0.500. The number of halogens is 1. The summed E-state index contributed by atoms with van der Waals surface area (Å²) in [4.78, 5) is 2.18. The summed E-state index contributed by atoms with van der Waals surface area (Å²) in [6.45, 7) is 3.62. The molecule has 1 saturated heterocycles. The second-order valence-corrected chi connectivity index (χ2v) is 4.70. The van der Waals surface area contributed by atoms with Gasteiger partial charge in [0.2, 0.25) is 0 Å². The third kappa shape index (κ3) is 3.74. The highest BCUT2D eigenvalue weighted by molar-refractivity contribution is 5.32. The largest absolute Gasteiger partial charge is 0.374 e. The predicted octanol–water partition coefficient (Wildman–Crippen LogP) is 1.12. The van der Waals surface area contributed by atoms with E-state index >= 15 is 0 Å². The fourth-order valence-electron chi connectivity index (χ4n) is 2.26. The molecule has 2 rings (SSSR count). The van der Waals surface area contributed by atoms with Crippen molar-refractivity contribution in [1.29, 1.82) is 5.26 Å². The summed E-state index contributed by atoms with van der Waals surface area (Å²) in [6, 6.07) is 6.58. The maximum absolute atomic E-state index is 13.8. The highest BCUT2D eigenvalue weighted by Crippen LogP contribution is 2.14. The first-order valence-electron chi connectivity index (χ1n) is 6.40. The van der Waals surface area contributed by atoms with Crippen molar-refractivity contribution < 1.29 is 9.13 Å². The molecule has 1 unspecified atom stereocenters. The van der Waals surface area contributed by atoms with E-state index in [2.05, 4.69) is 10.2 Å². The van der Waals surface area contributed by atoms with Crippen molar-refractivity contribution in [3.63, 3.8) is 0 Å². The van der Waals surface area contributed by atoms with E-state index in [1.165, 1.54) is 6.07 Å². The van der Waals surface area contributed by atoms with E-state index in [0.29, 0.717) is 24.3 Å². The normalized spacial score (nSPS) is 20.2. The number of nitrogens with zero attached hydrogens (tertiary/aromatic N) is 2. The second kappa shape index (κ2) is 6.62. The summed E-state index contributed by atoms with van der Waals surface area (Å²) in [5, 5.41) is 11.8. The van der Waals surface area contributed by atoms with Gasteiger partial charge in [-0.2, -0.15) is 5.26 Å². The van der Waals surface area contributed by atoms with Crippen molar-refractivity contribution >= 4 is 0 Å². The lowest BCUT2D eigenvalue weighted by molar-refractivity contribution is -0.0294. The summed E-state index contributed by atoms with van der Waals surface area (Å²) in [7, 11) is 1.89. The molecule has 0 spiro atoms. The van der Waals surface area contributed by atoms with Gasteiger partial charge in [-0.05, 0) is 19.2 Å². The molecular weight excluding hydrogens is 245 g/mol. The maximum atomic E-state index is 13.8. The zero-order valence-corrected chi connectivity index (χ0v) is 11.0. The number of ether oxygens (including phenoxy) is 1. The summed E-state index contributed by atoms with van der Waals surface area (Å²) in [5.41, 5.74) is 0.986. The van der Waals surface area contributed by atoms with Crippen LogP contribution in [0.3, 0.4) is 0 Å². The number of likely N-dealkylation sites (N-methyl/N-ethyl adjacent to an activating group) is 1. The lowest BCUT2D eigenvalue weighted by Crippen LogP contribution is -2.45. The van der Waals surface area contributed by atoms with E-state index in [-0.39, 0.29) is 11.9 Å². The fourth-order valence-corrected chi connectivity index (χ4v) is 2.26. The van der Waals surface area contributed by atoms with Crippen LogP contribution in [0.4, 0.5) is 4.39 Å². The zero-order chi connectivity index (χ0) is 13.7. The Kier molecular flexibility index (Phi) is 4.86. The molecule has 1 fully saturated rings. The van der Waals surface area contributed by atoms with Crippen LogP contribution in [-0.2, 0) is 11.3 Å². The lowest BCUT2D eigenvalue weighted by atomic mass is 10.1. The Balaban J connectivity index is 1.99. The topological polar surface area (TPSA) is 48.3 Å². The number of hydrogen-bond donors (Lipinski definition) is 1. The Labute approximate surface area is 112 Å². The van der Waals surface area contributed by atoms with E-state index in [1.807, 2.05) is 13.1 Å². The van der Waals surface area contributed by atoms with Gasteiger partial charge in [0.25, 0.3) is 0 Å².